The van der Waals surface area contributed by atoms with Crippen molar-refractivity contribution >= 4 is 17.5 Å². The largest absolute Gasteiger partial charge is 0.454 e. The van der Waals surface area contributed by atoms with Crippen molar-refractivity contribution in [3.63, 3.8) is 0 Å². The zero-order valence-electron chi connectivity index (χ0n) is 17.7. The van der Waals surface area contributed by atoms with E-state index in [4.69, 9.17) is 9.47 Å². The molecule has 1 aliphatic carbocycles. The summed E-state index contributed by atoms with van der Waals surface area (Å²) in [5, 5.41) is 0. The van der Waals surface area contributed by atoms with Crippen LogP contribution < -0.4 is 14.4 Å². The highest BCUT2D eigenvalue weighted by Crippen LogP contribution is 2.34. The number of benzene rings is 2. The van der Waals surface area contributed by atoms with Crippen LogP contribution in [-0.2, 0) is 22.6 Å². The van der Waals surface area contributed by atoms with Gasteiger partial charge in [0.05, 0.1) is 6.42 Å². The molecule has 1 saturated carbocycles. The second kappa shape index (κ2) is 8.61. The standard InChI is InChI=1S/C25H28N2O4/c28-24-6-3-13-26(24)21-10-7-18(8-11-21)15-25(29)27(20-4-1-2-5-20)16-19-9-12-22-23(14-19)31-17-30-22/h7-12,14,20H,1-6,13,15-17H2. The molecule has 2 aromatic carbocycles. The summed E-state index contributed by atoms with van der Waals surface area (Å²) in [6.07, 6.45) is 6.38. The first-order valence-electron chi connectivity index (χ1n) is 11.2. The highest BCUT2D eigenvalue weighted by Gasteiger charge is 2.28. The number of hydrogen-bond donors (Lipinski definition) is 0. The molecular weight excluding hydrogens is 392 g/mol. The van der Waals surface area contributed by atoms with Gasteiger partial charge in [-0.15, -0.1) is 0 Å². The lowest BCUT2D eigenvalue weighted by Gasteiger charge is -2.29. The number of nitrogens with zero attached hydrogens (tertiary/aromatic N) is 2. The van der Waals surface area contributed by atoms with Gasteiger partial charge in [-0.1, -0.05) is 31.0 Å². The van der Waals surface area contributed by atoms with E-state index >= 15 is 0 Å². The van der Waals surface area contributed by atoms with Crippen molar-refractivity contribution in [2.45, 2.75) is 57.5 Å². The average Bonchev–Trinajstić information content (AvgIpc) is 3.54. The lowest BCUT2D eigenvalue weighted by atomic mass is 10.1. The monoisotopic (exact) mass is 420 g/mol. The Hall–Kier alpha value is -3.02. The quantitative estimate of drug-likeness (QED) is 0.707. The van der Waals surface area contributed by atoms with Crippen LogP contribution in [0.2, 0.25) is 0 Å². The van der Waals surface area contributed by atoms with Gasteiger partial charge < -0.3 is 19.3 Å². The normalized spacial score (nSPS) is 18.1. The molecule has 2 aromatic rings. The number of fused-ring (bicyclic) bond motifs is 1. The zero-order valence-corrected chi connectivity index (χ0v) is 17.7. The van der Waals surface area contributed by atoms with E-state index in [0.29, 0.717) is 25.4 Å². The topological polar surface area (TPSA) is 59.1 Å². The minimum atomic E-state index is 0.148. The van der Waals surface area contributed by atoms with Crippen LogP contribution in [-0.4, -0.2) is 36.1 Å². The van der Waals surface area contributed by atoms with Gasteiger partial charge in [0, 0.05) is 31.2 Å². The minimum Gasteiger partial charge on any atom is -0.454 e. The van der Waals surface area contributed by atoms with Crippen molar-refractivity contribution < 1.29 is 19.1 Å². The van der Waals surface area contributed by atoms with Crippen LogP contribution in [0.1, 0.15) is 49.7 Å². The van der Waals surface area contributed by atoms with Crippen LogP contribution in [0.5, 0.6) is 11.5 Å². The molecule has 0 spiro atoms. The Balaban J connectivity index is 1.29. The first-order valence-corrected chi connectivity index (χ1v) is 11.2. The molecule has 0 atom stereocenters. The maximum absolute atomic E-state index is 13.3. The molecule has 0 unspecified atom stereocenters. The second-order valence-electron chi connectivity index (χ2n) is 8.64. The zero-order chi connectivity index (χ0) is 21.2. The number of amides is 2. The summed E-state index contributed by atoms with van der Waals surface area (Å²) in [5.41, 5.74) is 2.97. The molecule has 0 N–H and O–H groups in total. The Morgan fingerprint density at radius 2 is 1.71 bits per heavy atom. The molecule has 2 aliphatic heterocycles. The van der Waals surface area contributed by atoms with Gasteiger partial charge in [-0.3, -0.25) is 9.59 Å². The fourth-order valence-corrected chi connectivity index (χ4v) is 4.86. The lowest BCUT2D eigenvalue weighted by Crippen LogP contribution is -2.39. The summed E-state index contributed by atoms with van der Waals surface area (Å²) in [5.74, 6) is 1.84. The smallest absolute Gasteiger partial charge is 0.231 e. The molecule has 0 aromatic heterocycles. The van der Waals surface area contributed by atoms with Crippen molar-refractivity contribution in [1.29, 1.82) is 0 Å². The van der Waals surface area contributed by atoms with Crippen molar-refractivity contribution in [2.24, 2.45) is 0 Å². The lowest BCUT2D eigenvalue weighted by molar-refractivity contribution is -0.133. The maximum Gasteiger partial charge on any atom is 0.231 e. The number of ether oxygens (including phenoxy) is 2. The van der Waals surface area contributed by atoms with Gasteiger partial charge in [0.25, 0.3) is 0 Å². The Kier molecular flexibility index (Phi) is 5.53. The van der Waals surface area contributed by atoms with E-state index in [0.717, 1.165) is 54.1 Å². The number of carbonyl (C=O) groups is 2. The van der Waals surface area contributed by atoms with E-state index < -0.39 is 0 Å². The molecule has 3 aliphatic rings. The fraction of sp³-hybridized carbons (Fsp3) is 0.440. The summed E-state index contributed by atoms with van der Waals surface area (Å²) in [6.45, 7) is 1.62. The third-order valence-corrected chi connectivity index (χ3v) is 6.55. The maximum atomic E-state index is 13.3. The van der Waals surface area contributed by atoms with Crippen LogP contribution in [0.3, 0.4) is 0 Å². The van der Waals surface area contributed by atoms with Crippen molar-refractivity contribution in [1.82, 2.24) is 4.90 Å². The van der Waals surface area contributed by atoms with Crippen molar-refractivity contribution in [2.75, 3.05) is 18.2 Å². The Morgan fingerprint density at radius 3 is 2.45 bits per heavy atom. The molecular formula is C25H28N2O4. The number of anilines is 1. The van der Waals surface area contributed by atoms with Crippen LogP contribution in [0.25, 0.3) is 0 Å². The molecule has 2 heterocycles. The predicted molar refractivity (Wildman–Crippen MR) is 117 cm³/mol. The van der Waals surface area contributed by atoms with Crippen LogP contribution in [0.4, 0.5) is 5.69 Å². The number of hydrogen-bond acceptors (Lipinski definition) is 4. The Bertz CT molecular complexity index is 966. The average molecular weight is 421 g/mol. The molecule has 0 bridgehead atoms. The van der Waals surface area contributed by atoms with E-state index in [-0.39, 0.29) is 18.6 Å². The van der Waals surface area contributed by atoms with Gasteiger partial charge in [0.2, 0.25) is 18.6 Å². The van der Waals surface area contributed by atoms with Crippen LogP contribution >= 0.6 is 0 Å². The van der Waals surface area contributed by atoms with Gasteiger partial charge in [-0.2, -0.15) is 0 Å². The molecule has 0 radical (unpaired) electrons. The first-order chi connectivity index (χ1) is 15.2. The number of carbonyl (C=O) groups excluding carboxylic acids is 2. The van der Waals surface area contributed by atoms with E-state index in [1.807, 2.05) is 52.3 Å². The Morgan fingerprint density at radius 1 is 0.968 bits per heavy atom. The molecule has 1 saturated heterocycles. The van der Waals surface area contributed by atoms with Gasteiger partial charge in [-0.05, 0) is 54.7 Å². The highest BCUT2D eigenvalue weighted by molar-refractivity contribution is 5.95. The Labute approximate surface area is 182 Å². The molecule has 2 amide bonds. The van der Waals surface area contributed by atoms with Gasteiger partial charge in [0.15, 0.2) is 11.5 Å². The molecule has 162 valence electrons. The molecule has 5 rings (SSSR count). The second-order valence-corrected chi connectivity index (χ2v) is 8.64. The van der Waals surface area contributed by atoms with Gasteiger partial charge >= 0.3 is 0 Å². The minimum absolute atomic E-state index is 0.148. The number of rotatable bonds is 6. The van der Waals surface area contributed by atoms with Gasteiger partial charge in [-0.25, -0.2) is 0 Å². The van der Waals surface area contributed by atoms with E-state index in [1.54, 1.807) is 0 Å². The molecule has 31 heavy (non-hydrogen) atoms. The fourth-order valence-electron chi connectivity index (χ4n) is 4.86. The van der Waals surface area contributed by atoms with Crippen LogP contribution in [0.15, 0.2) is 42.5 Å². The first kappa shape index (κ1) is 19.9. The molecule has 6 nitrogen and oxygen atoms in total. The van der Waals surface area contributed by atoms with Crippen molar-refractivity contribution in [3.8, 4) is 11.5 Å². The SMILES string of the molecule is O=C1CCCN1c1ccc(CC(=O)N(Cc2ccc3c(c2)OCO3)C2CCCC2)cc1. The van der Waals surface area contributed by atoms with Gasteiger partial charge in [0.1, 0.15) is 0 Å². The van der Waals surface area contributed by atoms with Crippen molar-refractivity contribution in [3.05, 3.63) is 53.6 Å². The van der Waals surface area contributed by atoms with E-state index in [2.05, 4.69) is 0 Å². The third kappa shape index (κ3) is 4.24. The summed E-state index contributed by atoms with van der Waals surface area (Å²) >= 11 is 0. The summed E-state index contributed by atoms with van der Waals surface area (Å²) in [7, 11) is 0. The third-order valence-electron chi connectivity index (χ3n) is 6.55. The molecule has 6 heteroatoms. The van der Waals surface area contributed by atoms with Crippen LogP contribution in [0, 0.1) is 0 Å². The van der Waals surface area contributed by atoms with E-state index in [9.17, 15) is 9.59 Å². The predicted octanol–water partition coefficient (Wildman–Crippen LogP) is 4.06. The highest BCUT2D eigenvalue weighted by atomic mass is 16.7. The summed E-state index contributed by atoms with van der Waals surface area (Å²) in [4.78, 5) is 29.2. The molecule has 2 fully saturated rings. The summed E-state index contributed by atoms with van der Waals surface area (Å²) in [6, 6.07) is 14.1. The summed E-state index contributed by atoms with van der Waals surface area (Å²) < 4.78 is 10.9. The van der Waals surface area contributed by atoms with E-state index in [1.165, 1.54) is 12.8 Å².